The molecular formula is C9H9FN2O4. The van der Waals surface area contributed by atoms with E-state index in [9.17, 15) is 9.18 Å². The van der Waals surface area contributed by atoms with Gasteiger partial charge in [-0.25, -0.2) is 0 Å². The van der Waals surface area contributed by atoms with Crippen LogP contribution in [0.15, 0.2) is 11.0 Å². The monoisotopic (exact) mass is 228 g/mol. The third-order valence-corrected chi connectivity index (χ3v) is 2.80. The molecule has 1 aromatic rings. The fraction of sp³-hybridized carbons (Fsp3) is 0.556. The summed E-state index contributed by atoms with van der Waals surface area (Å²) in [6.45, 7) is -0.178. The highest BCUT2D eigenvalue weighted by atomic mass is 19.1. The number of ether oxygens (including phenoxy) is 2. The van der Waals surface area contributed by atoms with Crippen LogP contribution in [0.1, 0.15) is 12.6 Å². The smallest absolute Gasteiger partial charge is 0.311 e. The maximum Gasteiger partial charge on any atom is 0.311 e. The van der Waals surface area contributed by atoms with Crippen molar-refractivity contribution < 1.29 is 19.0 Å². The van der Waals surface area contributed by atoms with Crippen molar-refractivity contribution in [1.29, 1.82) is 0 Å². The Bertz CT molecular complexity index is 489. The van der Waals surface area contributed by atoms with Gasteiger partial charge in [0.1, 0.15) is 18.4 Å². The number of halogens is 1. The molecule has 0 aliphatic carbocycles. The Hall–Kier alpha value is -1.47. The molecule has 86 valence electrons. The van der Waals surface area contributed by atoms with Crippen LogP contribution in [0.3, 0.4) is 0 Å². The van der Waals surface area contributed by atoms with E-state index in [1.165, 1.54) is 4.57 Å². The minimum atomic E-state index is -0.951. The lowest BCUT2D eigenvalue weighted by atomic mass is 10.2. The van der Waals surface area contributed by atoms with Crippen molar-refractivity contribution in [2.45, 2.75) is 24.9 Å². The average molecular weight is 228 g/mol. The van der Waals surface area contributed by atoms with E-state index >= 15 is 0 Å². The first-order valence-corrected chi connectivity index (χ1v) is 4.90. The van der Waals surface area contributed by atoms with Crippen molar-refractivity contribution in [3.8, 4) is 6.01 Å². The van der Waals surface area contributed by atoms with Gasteiger partial charge in [0.05, 0.1) is 12.8 Å². The molecule has 3 heterocycles. The molecule has 0 unspecified atom stereocenters. The van der Waals surface area contributed by atoms with Gasteiger partial charge in [-0.05, 0) is 0 Å². The Balaban J connectivity index is 2.06. The Morgan fingerprint density at radius 2 is 2.50 bits per heavy atom. The molecule has 0 saturated carbocycles. The van der Waals surface area contributed by atoms with Crippen LogP contribution in [0, 0.1) is 5.82 Å². The zero-order valence-corrected chi connectivity index (χ0v) is 8.17. The van der Waals surface area contributed by atoms with Crippen LogP contribution in [0.25, 0.3) is 0 Å². The van der Waals surface area contributed by atoms with Gasteiger partial charge >= 0.3 is 11.6 Å². The second-order valence-electron chi connectivity index (χ2n) is 3.79. The van der Waals surface area contributed by atoms with E-state index in [-0.39, 0.29) is 18.7 Å². The van der Waals surface area contributed by atoms with Crippen LogP contribution < -0.4 is 10.3 Å². The predicted molar refractivity (Wildman–Crippen MR) is 48.5 cm³/mol. The van der Waals surface area contributed by atoms with Gasteiger partial charge in [0.25, 0.3) is 0 Å². The normalized spacial score (nSPS) is 31.0. The van der Waals surface area contributed by atoms with Gasteiger partial charge in [0.15, 0.2) is 0 Å². The van der Waals surface area contributed by atoms with Crippen molar-refractivity contribution >= 4 is 0 Å². The zero-order chi connectivity index (χ0) is 11.3. The number of aliphatic hydroxyl groups excluding tert-OH is 1. The van der Waals surface area contributed by atoms with E-state index in [2.05, 4.69) is 4.98 Å². The third kappa shape index (κ3) is 1.25. The number of aromatic nitrogens is 2. The first-order chi connectivity index (χ1) is 7.69. The molecule has 7 heteroatoms. The van der Waals surface area contributed by atoms with E-state index in [0.717, 1.165) is 6.20 Å². The molecule has 2 bridgehead atoms. The molecule has 1 aromatic heterocycles. The number of hydrogen-bond acceptors (Lipinski definition) is 5. The molecule has 0 aromatic carbocycles. The van der Waals surface area contributed by atoms with Gasteiger partial charge in [-0.1, -0.05) is 0 Å². The van der Waals surface area contributed by atoms with Crippen molar-refractivity contribution in [3.63, 3.8) is 0 Å². The Kier molecular flexibility index (Phi) is 1.98. The van der Waals surface area contributed by atoms with E-state index < -0.39 is 23.7 Å². The Morgan fingerprint density at radius 3 is 3.25 bits per heavy atom. The van der Waals surface area contributed by atoms with Crippen LogP contribution in [0.5, 0.6) is 6.01 Å². The molecule has 1 fully saturated rings. The average Bonchev–Trinajstić information content (AvgIpc) is 2.60. The SMILES string of the molecule is O=c1nc2n(cc1F)[C@H]1C[C@H](O2)[C@@H](CO)O1. The van der Waals surface area contributed by atoms with Crippen LogP contribution in [-0.2, 0) is 4.74 Å². The summed E-state index contributed by atoms with van der Waals surface area (Å²) < 4.78 is 25.2. The molecule has 2 aliphatic rings. The number of rotatable bonds is 1. The van der Waals surface area contributed by atoms with E-state index in [0.29, 0.717) is 6.42 Å². The minimum Gasteiger partial charge on any atom is -0.458 e. The maximum absolute atomic E-state index is 13.1. The van der Waals surface area contributed by atoms with E-state index in [1.807, 2.05) is 0 Å². The van der Waals surface area contributed by atoms with Gasteiger partial charge in [0, 0.05) is 6.42 Å². The second kappa shape index (κ2) is 3.26. The summed E-state index contributed by atoms with van der Waals surface area (Å²) in [5, 5.41) is 9.03. The number of nitrogens with zero attached hydrogens (tertiary/aromatic N) is 2. The molecule has 3 rings (SSSR count). The largest absolute Gasteiger partial charge is 0.458 e. The molecule has 2 aliphatic heterocycles. The topological polar surface area (TPSA) is 73.6 Å². The molecular weight excluding hydrogens is 219 g/mol. The summed E-state index contributed by atoms with van der Waals surface area (Å²) in [7, 11) is 0. The highest BCUT2D eigenvalue weighted by molar-refractivity contribution is 5.08. The Labute approximate surface area is 89.2 Å². The van der Waals surface area contributed by atoms with Crippen molar-refractivity contribution in [3.05, 3.63) is 22.4 Å². The quantitative estimate of drug-likeness (QED) is 0.696. The van der Waals surface area contributed by atoms with Gasteiger partial charge in [0.2, 0.25) is 5.82 Å². The van der Waals surface area contributed by atoms with Gasteiger partial charge in [-0.15, -0.1) is 0 Å². The van der Waals surface area contributed by atoms with Crippen LogP contribution in [0.2, 0.25) is 0 Å². The first-order valence-electron chi connectivity index (χ1n) is 4.90. The van der Waals surface area contributed by atoms with Crippen LogP contribution in [-0.4, -0.2) is 33.5 Å². The van der Waals surface area contributed by atoms with E-state index in [4.69, 9.17) is 14.6 Å². The summed E-state index contributed by atoms with van der Waals surface area (Å²) in [6, 6.07) is 0.0450. The molecule has 3 atom stereocenters. The molecule has 1 saturated heterocycles. The van der Waals surface area contributed by atoms with Gasteiger partial charge in [-0.3, -0.25) is 9.36 Å². The lowest BCUT2D eigenvalue weighted by molar-refractivity contribution is -0.0249. The predicted octanol–water partition coefficient (Wildman–Crippen LogP) is -0.577. The standard InChI is InChI=1S/C9H9FN2O4/c10-4-2-12-7-1-5(6(3-13)15-7)16-9(12)11-8(4)14/h2,5-7,13H,1,3H2/t5-,6+,7+/m0/s1. The molecule has 1 N–H and O–H groups in total. The van der Waals surface area contributed by atoms with E-state index in [1.54, 1.807) is 0 Å². The van der Waals surface area contributed by atoms with Gasteiger partial charge < -0.3 is 14.6 Å². The van der Waals surface area contributed by atoms with Crippen molar-refractivity contribution in [1.82, 2.24) is 9.55 Å². The molecule has 0 spiro atoms. The molecule has 0 radical (unpaired) electrons. The molecule has 16 heavy (non-hydrogen) atoms. The third-order valence-electron chi connectivity index (χ3n) is 2.80. The minimum absolute atomic E-state index is 0.0450. The molecule has 6 nitrogen and oxygen atoms in total. The fourth-order valence-corrected chi connectivity index (χ4v) is 2.02. The lowest BCUT2D eigenvalue weighted by Crippen LogP contribution is -2.33. The van der Waals surface area contributed by atoms with Crippen molar-refractivity contribution in [2.75, 3.05) is 6.61 Å². The number of aliphatic hydroxyl groups is 1. The van der Waals surface area contributed by atoms with Crippen LogP contribution in [0.4, 0.5) is 4.39 Å². The zero-order valence-electron chi connectivity index (χ0n) is 8.17. The molecule has 0 amide bonds. The number of fused-ring (bicyclic) bond motifs is 4. The van der Waals surface area contributed by atoms with Gasteiger partial charge in [-0.2, -0.15) is 9.37 Å². The second-order valence-corrected chi connectivity index (χ2v) is 3.79. The first kappa shape index (κ1) is 9.73. The summed E-state index contributed by atoms with van der Waals surface area (Å²) in [5.41, 5.74) is -0.951. The van der Waals surface area contributed by atoms with Crippen molar-refractivity contribution in [2.24, 2.45) is 0 Å². The highest BCUT2D eigenvalue weighted by Crippen LogP contribution is 2.37. The lowest BCUT2D eigenvalue weighted by Gasteiger charge is -2.23. The Morgan fingerprint density at radius 1 is 1.69 bits per heavy atom. The fourth-order valence-electron chi connectivity index (χ4n) is 2.02. The summed E-state index contributed by atoms with van der Waals surface area (Å²) >= 11 is 0. The van der Waals surface area contributed by atoms with Crippen LogP contribution >= 0.6 is 0 Å². The summed E-state index contributed by atoms with van der Waals surface area (Å²) in [4.78, 5) is 14.5. The summed E-state index contributed by atoms with van der Waals surface area (Å²) in [6.07, 6.45) is 0.332. The summed E-state index contributed by atoms with van der Waals surface area (Å²) in [5.74, 6) is -0.943. The number of hydrogen-bond donors (Lipinski definition) is 1. The highest BCUT2D eigenvalue weighted by Gasteiger charge is 2.42. The maximum atomic E-state index is 13.1.